The molecule has 0 radical (unpaired) electrons. The van der Waals surface area contributed by atoms with E-state index in [0.29, 0.717) is 21.3 Å². The summed E-state index contributed by atoms with van der Waals surface area (Å²) < 4.78 is 0. The van der Waals surface area contributed by atoms with Gasteiger partial charge in [-0.05, 0) is 29.7 Å². The summed E-state index contributed by atoms with van der Waals surface area (Å²) in [5, 5.41) is 5.62. The normalized spacial score (nSPS) is 10.6. The fourth-order valence-electron chi connectivity index (χ4n) is 2.22. The van der Waals surface area contributed by atoms with Crippen molar-refractivity contribution < 1.29 is 4.79 Å². The summed E-state index contributed by atoms with van der Waals surface area (Å²) in [4.78, 5) is 12.5. The zero-order chi connectivity index (χ0) is 14.8. The zero-order valence-corrected chi connectivity index (χ0v) is 12.4. The molecule has 4 heteroatoms. The Kier molecular flexibility index (Phi) is 3.82. The van der Waals surface area contributed by atoms with Crippen LogP contribution < -0.4 is 5.32 Å². The van der Waals surface area contributed by atoms with Crippen molar-refractivity contribution in [3.05, 3.63) is 76.3 Å². The van der Waals surface area contributed by atoms with Gasteiger partial charge in [0.15, 0.2) is 0 Å². The number of para-hydroxylation sites is 1. The minimum absolute atomic E-state index is 0.212. The van der Waals surface area contributed by atoms with Gasteiger partial charge in [0.05, 0.1) is 10.7 Å². The molecule has 3 rings (SSSR count). The summed E-state index contributed by atoms with van der Waals surface area (Å²) in [6, 6.07) is 18.1. The summed E-state index contributed by atoms with van der Waals surface area (Å²) in [6.45, 7) is 0. The fraction of sp³-hybridized carbons (Fsp3) is 0. The monoisotopic (exact) mass is 315 g/mol. The number of carbonyl (C=O) groups excluding carboxylic acids is 1. The molecule has 1 N–H and O–H groups in total. The van der Waals surface area contributed by atoms with Crippen LogP contribution in [0, 0.1) is 0 Å². The first kappa shape index (κ1) is 13.9. The highest BCUT2D eigenvalue weighted by Gasteiger charge is 2.12. The van der Waals surface area contributed by atoms with Crippen LogP contribution in [-0.2, 0) is 0 Å². The Bertz CT molecular complexity index is 830. The molecule has 0 heterocycles. The summed E-state index contributed by atoms with van der Waals surface area (Å²) in [6.07, 6.45) is 0. The van der Waals surface area contributed by atoms with E-state index in [2.05, 4.69) is 5.32 Å². The molecular formula is C17H11Cl2NO. The standard InChI is InChI=1S/C17H11Cl2NO/c18-14-9-4-5-11-12(14)6-3-7-13(11)17(21)20-16-10-2-1-8-15(16)19/h1-10H,(H,20,21). The average Bonchev–Trinajstić information content (AvgIpc) is 2.49. The highest BCUT2D eigenvalue weighted by atomic mass is 35.5. The van der Waals surface area contributed by atoms with E-state index in [1.54, 1.807) is 24.3 Å². The first-order valence-corrected chi connectivity index (χ1v) is 7.15. The van der Waals surface area contributed by atoms with E-state index in [1.807, 2.05) is 36.4 Å². The number of nitrogens with one attached hydrogen (secondary N) is 1. The van der Waals surface area contributed by atoms with Crippen molar-refractivity contribution in [3.63, 3.8) is 0 Å². The molecule has 1 amide bonds. The van der Waals surface area contributed by atoms with E-state index in [-0.39, 0.29) is 5.91 Å². The van der Waals surface area contributed by atoms with Gasteiger partial charge in [0, 0.05) is 16.0 Å². The molecule has 104 valence electrons. The number of hydrogen-bond acceptors (Lipinski definition) is 1. The van der Waals surface area contributed by atoms with Gasteiger partial charge >= 0.3 is 0 Å². The summed E-state index contributed by atoms with van der Waals surface area (Å²) in [5.41, 5.74) is 1.15. The Hall–Kier alpha value is -2.03. The molecule has 0 bridgehead atoms. The summed E-state index contributed by atoms with van der Waals surface area (Å²) in [7, 11) is 0. The summed E-state index contributed by atoms with van der Waals surface area (Å²) in [5.74, 6) is -0.212. The van der Waals surface area contributed by atoms with Crippen LogP contribution in [0.4, 0.5) is 5.69 Å². The van der Waals surface area contributed by atoms with Crippen LogP contribution in [0.2, 0.25) is 10.0 Å². The van der Waals surface area contributed by atoms with Crippen molar-refractivity contribution >= 4 is 45.6 Å². The Morgan fingerprint density at radius 3 is 2.24 bits per heavy atom. The quantitative estimate of drug-likeness (QED) is 0.674. The Morgan fingerprint density at radius 2 is 1.43 bits per heavy atom. The fourth-order valence-corrected chi connectivity index (χ4v) is 2.64. The van der Waals surface area contributed by atoms with Gasteiger partial charge < -0.3 is 5.32 Å². The van der Waals surface area contributed by atoms with Crippen molar-refractivity contribution in [2.45, 2.75) is 0 Å². The minimum atomic E-state index is -0.212. The van der Waals surface area contributed by atoms with Crippen LogP contribution in [-0.4, -0.2) is 5.91 Å². The van der Waals surface area contributed by atoms with Gasteiger partial charge in [-0.2, -0.15) is 0 Å². The Labute approximate surface area is 132 Å². The number of rotatable bonds is 2. The molecule has 3 aromatic rings. The van der Waals surface area contributed by atoms with E-state index >= 15 is 0 Å². The Balaban J connectivity index is 2.03. The lowest BCUT2D eigenvalue weighted by Crippen LogP contribution is -2.12. The molecule has 0 aliphatic rings. The van der Waals surface area contributed by atoms with E-state index in [1.165, 1.54) is 0 Å². The molecule has 0 aliphatic carbocycles. The van der Waals surface area contributed by atoms with Gasteiger partial charge in [0.25, 0.3) is 5.91 Å². The van der Waals surface area contributed by atoms with Crippen molar-refractivity contribution in [2.75, 3.05) is 5.32 Å². The molecule has 0 saturated carbocycles. The number of fused-ring (bicyclic) bond motifs is 1. The Morgan fingerprint density at radius 1 is 0.762 bits per heavy atom. The number of amides is 1. The molecule has 0 spiro atoms. The van der Waals surface area contributed by atoms with Crippen LogP contribution in [0.5, 0.6) is 0 Å². The maximum atomic E-state index is 12.5. The number of carbonyl (C=O) groups is 1. The van der Waals surface area contributed by atoms with Crippen molar-refractivity contribution in [1.82, 2.24) is 0 Å². The van der Waals surface area contributed by atoms with Crippen molar-refractivity contribution in [3.8, 4) is 0 Å². The molecular weight excluding hydrogens is 305 g/mol. The maximum absolute atomic E-state index is 12.5. The van der Waals surface area contributed by atoms with Gasteiger partial charge in [0.2, 0.25) is 0 Å². The predicted octanol–water partition coefficient (Wildman–Crippen LogP) is 5.40. The number of benzene rings is 3. The van der Waals surface area contributed by atoms with Gasteiger partial charge in [-0.1, -0.05) is 59.6 Å². The first-order chi connectivity index (χ1) is 10.2. The lowest BCUT2D eigenvalue weighted by Gasteiger charge is -2.10. The molecule has 0 unspecified atom stereocenters. The van der Waals surface area contributed by atoms with Crippen LogP contribution in [0.3, 0.4) is 0 Å². The molecule has 0 fully saturated rings. The molecule has 3 aromatic carbocycles. The smallest absolute Gasteiger partial charge is 0.256 e. The number of hydrogen-bond donors (Lipinski definition) is 1. The van der Waals surface area contributed by atoms with Crippen LogP contribution in [0.1, 0.15) is 10.4 Å². The largest absolute Gasteiger partial charge is 0.321 e. The number of anilines is 1. The van der Waals surface area contributed by atoms with Gasteiger partial charge in [-0.25, -0.2) is 0 Å². The van der Waals surface area contributed by atoms with E-state index in [0.717, 1.165) is 10.8 Å². The van der Waals surface area contributed by atoms with Crippen molar-refractivity contribution in [1.29, 1.82) is 0 Å². The van der Waals surface area contributed by atoms with E-state index in [9.17, 15) is 4.79 Å². The SMILES string of the molecule is O=C(Nc1ccccc1Cl)c1cccc2c(Cl)cccc12. The maximum Gasteiger partial charge on any atom is 0.256 e. The van der Waals surface area contributed by atoms with Crippen LogP contribution in [0.25, 0.3) is 10.8 Å². The highest BCUT2D eigenvalue weighted by Crippen LogP contribution is 2.27. The highest BCUT2D eigenvalue weighted by molar-refractivity contribution is 6.36. The average molecular weight is 316 g/mol. The van der Waals surface area contributed by atoms with Gasteiger partial charge in [0.1, 0.15) is 0 Å². The second kappa shape index (κ2) is 5.76. The molecule has 0 aliphatic heterocycles. The van der Waals surface area contributed by atoms with E-state index in [4.69, 9.17) is 23.2 Å². The predicted molar refractivity (Wildman–Crippen MR) is 88.4 cm³/mol. The van der Waals surface area contributed by atoms with Crippen LogP contribution >= 0.6 is 23.2 Å². The zero-order valence-electron chi connectivity index (χ0n) is 10.9. The minimum Gasteiger partial charge on any atom is -0.321 e. The third kappa shape index (κ3) is 2.73. The third-order valence-electron chi connectivity index (χ3n) is 3.24. The first-order valence-electron chi connectivity index (χ1n) is 6.40. The third-order valence-corrected chi connectivity index (χ3v) is 3.89. The second-order valence-corrected chi connectivity index (χ2v) is 5.39. The topological polar surface area (TPSA) is 29.1 Å². The van der Waals surface area contributed by atoms with Gasteiger partial charge in [-0.3, -0.25) is 4.79 Å². The number of halogens is 2. The molecule has 0 atom stereocenters. The molecule has 2 nitrogen and oxygen atoms in total. The molecule has 0 aromatic heterocycles. The lowest BCUT2D eigenvalue weighted by atomic mass is 10.0. The molecule has 21 heavy (non-hydrogen) atoms. The second-order valence-electron chi connectivity index (χ2n) is 4.57. The van der Waals surface area contributed by atoms with Crippen LogP contribution in [0.15, 0.2) is 60.7 Å². The summed E-state index contributed by atoms with van der Waals surface area (Å²) >= 11 is 12.2. The van der Waals surface area contributed by atoms with E-state index < -0.39 is 0 Å². The van der Waals surface area contributed by atoms with Crippen molar-refractivity contribution in [2.24, 2.45) is 0 Å². The van der Waals surface area contributed by atoms with Gasteiger partial charge in [-0.15, -0.1) is 0 Å². The molecule has 0 saturated heterocycles. The lowest BCUT2D eigenvalue weighted by molar-refractivity contribution is 0.102.